The van der Waals surface area contributed by atoms with Crippen molar-refractivity contribution in [3.8, 4) is 11.6 Å². The van der Waals surface area contributed by atoms with Crippen LogP contribution in [0.25, 0.3) is 0 Å². The Morgan fingerprint density at radius 3 is 2.76 bits per heavy atom. The zero-order valence-electron chi connectivity index (χ0n) is 8.63. The number of ether oxygens (including phenoxy) is 1. The molecule has 1 aromatic heterocycles. The monoisotopic (exact) mass is 265 g/mol. The number of hydrogen-bond donors (Lipinski definition) is 1. The maximum Gasteiger partial charge on any atom is 0.238 e. The SMILES string of the molecule is NC(=S)c1cncc(Oc2ccccc2Cl)n1. The molecular weight excluding hydrogens is 258 g/mol. The van der Waals surface area contributed by atoms with Gasteiger partial charge in [0.15, 0.2) is 0 Å². The third kappa shape index (κ3) is 2.89. The zero-order chi connectivity index (χ0) is 12.3. The molecule has 1 aromatic carbocycles. The summed E-state index contributed by atoms with van der Waals surface area (Å²) < 4.78 is 5.48. The van der Waals surface area contributed by atoms with Crippen molar-refractivity contribution in [1.29, 1.82) is 0 Å². The average molecular weight is 266 g/mol. The normalized spacial score (nSPS) is 9.94. The van der Waals surface area contributed by atoms with Crippen LogP contribution in [0.4, 0.5) is 0 Å². The number of aromatic nitrogens is 2. The topological polar surface area (TPSA) is 61.0 Å². The second-order valence-electron chi connectivity index (χ2n) is 3.14. The summed E-state index contributed by atoms with van der Waals surface area (Å²) in [6.45, 7) is 0. The number of benzene rings is 1. The van der Waals surface area contributed by atoms with Gasteiger partial charge in [-0.25, -0.2) is 4.98 Å². The van der Waals surface area contributed by atoms with Crippen molar-refractivity contribution in [3.05, 3.63) is 47.4 Å². The van der Waals surface area contributed by atoms with E-state index in [9.17, 15) is 0 Å². The Kier molecular flexibility index (Phi) is 3.51. The minimum absolute atomic E-state index is 0.169. The van der Waals surface area contributed by atoms with Gasteiger partial charge in [0.25, 0.3) is 0 Å². The standard InChI is InChI=1S/C11H8ClN3OS/c12-7-3-1-2-4-9(7)16-10-6-14-5-8(15-10)11(13)17/h1-6H,(H2,13,17). The Hall–Kier alpha value is -1.72. The third-order valence-electron chi connectivity index (χ3n) is 1.92. The quantitative estimate of drug-likeness (QED) is 0.865. The van der Waals surface area contributed by atoms with Gasteiger partial charge in [0.2, 0.25) is 5.88 Å². The fourth-order valence-electron chi connectivity index (χ4n) is 1.16. The zero-order valence-corrected chi connectivity index (χ0v) is 10.2. The molecule has 2 aromatic rings. The molecule has 86 valence electrons. The Labute approximate surface area is 108 Å². The lowest BCUT2D eigenvalue weighted by Gasteiger charge is -2.06. The lowest BCUT2D eigenvalue weighted by Crippen LogP contribution is -2.12. The molecule has 0 aliphatic carbocycles. The summed E-state index contributed by atoms with van der Waals surface area (Å²) in [7, 11) is 0. The second kappa shape index (κ2) is 5.07. The van der Waals surface area contributed by atoms with Crippen LogP contribution in [0.3, 0.4) is 0 Å². The van der Waals surface area contributed by atoms with Crippen molar-refractivity contribution in [2.45, 2.75) is 0 Å². The van der Waals surface area contributed by atoms with Gasteiger partial charge in [-0.2, -0.15) is 0 Å². The van der Waals surface area contributed by atoms with Crippen LogP contribution >= 0.6 is 23.8 Å². The van der Waals surface area contributed by atoms with E-state index in [1.54, 1.807) is 12.1 Å². The molecule has 17 heavy (non-hydrogen) atoms. The summed E-state index contributed by atoms with van der Waals surface area (Å²) in [6.07, 6.45) is 2.94. The van der Waals surface area contributed by atoms with Crippen molar-refractivity contribution >= 4 is 28.8 Å². The molecule has 4 nitrogen and oxygen atoms in total. The van der Waals surface area contributed by atoms with Crippen molar-refractivity contribution in [1.82, 2.24) is 9.97 Å². The van der Waals surface area contributed by atoms with Gasteiger partial charge >= 0.3 is 0 Å². The molecule has 0 spiro atoms. The van der Waals surface area contributed by atoms with E-state index < -0.39 is 0 Å². The summed E-state index contributed by atoms with van der Waals surface area (Å²) in [6, 6.07) is 7.08. The third-order valence-corrected chi connectivity index (χ3v) is 2.44. The molecule has 0 atom stereocenters. The summed E-state index contributed by atoms with van der Waals surface area (Å²) in [4.78, 5) is 8.20. The first kappa shape index (κ1) is 11.8. The molecule has 0 radical (unpaired) electrons. The first-order valence-electron chi connectivity index (χ1n) is 4.71. The molecule has 2 N–H and O–H groups in total. The Bertz CT molecular complexity index is 562. The minimum atomic E-state index is 0.169. The number of hydrogen-bond acceptors (Lipinski definition) is 4. The summed E-state index contributed by atoms with van der Waals surface area (Å²) >= 11 is 10.8. The van der Waals surface area contributed by atoms with Crippen molar-refractivity contribution in [2.75, 3.05) is 0 Å². The molecule has 0 amide bonds. The fourth-order valence-corrected chi connectivity index (χ4v) is 1.43. The highest BCUT2D eigenvalue weighted by molar-refractivity contribution is 7.80. The lowest BCUT2D eigenvalue weighted by molar-refractivity contribution is 0.460. The van der Waals surface area contributed by atoms with Crippen LogP contribution in [0.2, 0.25) is 5.02 Å². The van der Waals surface area contributed by atoms with Gasteiger partial charge in [-0.15, -0.1) is 0 Å². The van der Waals surface area contributed by atoms with E-state index in [1.807, 2.05) is 12.1 Å². The van der Waals surface area contributed by atoms with Crippen molar-refractivity contribution in [2.24, 2.45) is 5.73 Å². The van der Waals surface area contributed by atoms with E-state index in [0.717, 1.165) is 0 Å². The molecule has 0 bridgehead atoms. The predicted octanol–water partition coefficient (Wildman–Crippen LogP) is 2.56. The van der Waals surface area contributed by atoms with E-state index in [2.05, 4.69) is 9.97 Å². The molecular formula is C11H8ClN3OS. The first-order valence-corrected chi connectivity index (χ1v) is 5.49. The van der Waals surface area contributed by atoms with Crippen LogP contribution < -0.4 is 10.5 Å². The van der Waals surface area contributed by atoms with Crippen LogP contribution in [-0.2, 0) is 0 Å². The number of para-hydroxylation sites is 1. The van der Waals surface area contributed by atoms with Gasteiger partial charge < -0.3 is 10.5 Å². The summed E-state index contributed by atoms with van der Waals surface area (Å²) in [5.74, 6) is 0.798. The van der Waals surface area contributed by atoms with Crippen LogP contribution in [0.5, 0.6) is 11.6 Å². The maximum absolute atomic E-state index is 5.95. The smallest absolute Gasteiger partial charge is 0.238 e. The minimum Gasteiger partial charge on any atom is -0.436 e. The second-order valence-corrected chi connectivity index (χ2v) is 3.99. The van der Waals surface area contributed by atoms with Crippen LogP contribution in [-0.4, -0.2) is 15.0 Å². The molecule has 0 fully saturated rings. The Morgan fingerprint density at radius 1 is 1.29 bits per heavy atom. The Morgan fingerprint density at radius 2 is 2.06 bits per heavy atom. The van der Waals surface area contributed by atoms with Gasteiger partial charge in [0.1, 0.15) is 16.4 Å². The maximum atomic E-state index is 5.95. The molecule has 0 aliphatic heterocycles. The van der Waals surface area contributed by atoms with E-state index >= 15 is 0 Å². The van der Waals surface area contributed by atoms with Crippen molar-refractivity contribution in [3.63, 3.8) is 0 Å². The predicted molar refractivity (Wildman–Crippen MR) is 69.4 cm³/mol. The first-order chi connectivity index (χ1) is 8.16. The molecule has 0 saturated carbocycles. The average Bonchev–Trinajstić information content (AvgIpc) is 2.32. The largest absolute Gasteiger partial charge is 0.436 e. The molecule has 2 rings (SSSR count). The van der Waals surface area contributed by atoms with E-state index in [-0.39, 0.29) is 4.99 Å². The highest BCUT2D eigenvalue weighted by atomic mass is 35.5. The lowest BCUT2D eigenvalue weighted by atomic mass is 10.3. The molecule has 0 unspecified atom stereocenters. The van der Waals surface area contributed by atoms with Gasteiger partial charge in [0, 0.05) is 0 Å². The van der Waals surface area contributed by atoms with Crippen molar-refractivity contribution < 1.29 is 4.74 Å². The number of nitrogens with two attached hydrogens (primary N) is 1. The van der Waals surface area contributed by atoms with E-state index in [1.165, 1.54) is 12.4 Å². The number of rotatable bonds is 3. The van der Waals surface area contributed by atoms with E-state index in [0.29, 0.717) is 22.3 Å². The molecule has 1 heterocycles. The number of halogens is 1. The number of thiocarbonyl (C=S) groups is 1. The van der Waals surface area contributed by atoms with Gasteiger partial charge in [-0.1, -0.05) is 36.0 Å². The van der Waals surface area contributed by atoms with E-state index in [4.69, 9.17) is 34.3 Å². The van der Waals surface area contributed by atoms with Crippen LogP contribution in [0.15, 0.2) is 36.7 Å². The van der Waals surface area contributed by atoms with Gasteiger partial charge in [0.05, 0.1) is 17.4 Å². The van der Waals surface area contributed by atoms with Gasteiger partial charge in [-0.05, 0) is 12.1 Å². The molecule has 0 aliphatic rings. The summed E-state index contributed by atoms with van der Waals surface area (Å²) in [5.41, 5.74) is 5.86. The molecule has 0 saturated heterocycles. The molecule has 6 heteroatoms. The Balaban J connectivity index is 2.28. The highest BCUT2D eigenvalue weighted by Gasteiger charge is 2.05. The van der Waals surface area contributed by atoms with Crippen LogP contribution in [0.1, 0.15) is 5.69 Å². The fraction of sp³-hybridized carbons (Fsp3) is 0. The van der Waals surface area contributed by atoms with Crippen LogP contribution in [0, 0.1) is 0 Å². The number of nitrogens with zero attached hydrogens (tertiary/aromatic N) is 2. The highest BCUT2D eigenvalue weighted by Crippen LogP contribution is 2.27. The van der Waals surface area contributed by atoms with Gasteiger partial charge in [-0.3, -0.25) is 4.98 Å². The summed E-state index contributed by atoms with van der Waals surface area (Å²) in [5, 5.41) is 0.495.